The summed E-state index contributed by atoms with van der Waals surface area (Å²) in [6.07, 6.45) is 5.01. The van der Waals surface area contributed by atoms with Gasteiger partial charge in [-0.3, -0.25) is 0 Å². The summed E-state index contributed by atoms with van der Waals surface area (Å²) in [4.78, 5) is 0. The third-order valence-electron chi connectivity index (χ3n) is 2.71. The van der Waals surface area contributed by atoms with Gasteiger partial charge in [0.05, 0.1) is 0 Å². The van der Waals surface area contributed by atoms with Crippen LogP contribution in [0.15, 0.2) is 0 Å². The Hall–Kier alpha value is -0.0400. The van der Waals surface area contributed by atoms with Crippen LogP contribution in [0, 0.1) is 5.41 Å². The second kappa shape index (κ2) is 9.05. The SMILES string of the molecule is CC.CCCC(CC)(CC)CN. The van der Waals surface area contributed by atoms with Crippen molar-refractivity contribution in [1.82, 2.24) is 0 Å². The van der Waals surface area contributed by atoms with E-state index < -0.39 is 0 Å². The van der Waals surface area contributed by atoms with Crippen molar-refractivity contribution < 1.29 is 0 Å². The van der Waals surface area contributed by atoms with E-state index in [1.54, 1.807) is 0 Å². The highest BCUT2D eigenvalue weighted by atomic mass is 14.6. The maximum absolute atomic E-state index is 5.71. The van der Waals surface area contributed by atoms with Crippen molar-refractivity contribution in [3.05, 3.63) is 0 Å². The summed E-state index contributed by atoms with van der Waals surface area (Å²) in [5.41, 5.74) is 6.17. The summed E-state index contributed by atoms with van der Waals surface area (Å²) in [5.74, 6) is 0. The summed E-state index contributed by atoms with van der Waals surface area (Å²) >= 11 is 0. The molecule has 0 fully saturated rings. The molecule has 0 unspecified atom stereocenters. The van der Waals surface area contributed by atoms with Gasteiger partial charge in [0, 0.05) is 0 Å². The lowest BCUT2D eigenvalue weighted by Crippen LogP contribution is -2.28. The standard InChI is InChI=1S/C9H21N.C2H6/c1-4-7-9(5-2,6-3)8-10;1-2/h4-8,10H2,1-3H3;1-2H3. The normalized spacial score (nSPS) is 10.5. The van der Waals surface area contributed by atoms with Gasteiger partial charge < -0.3 is 5.73 Å². The maximum atomic E-state index is 5.71. The van der Waals surface area contributed by atoms with Crippen molar-refractivity contribution in [3.8, 4) is 0 Å². The molecule has 1 heteroatoms. The Labute approximate surface area is 78.7 Å². The van der Waals surface area contributed by atoms with Gasteiger partial charge in [0.2, 0.25) is 0 Å². The molecule has 0 atom stereocenters. The van der Waals surface area contributed by atoms with Gasteiger partial charge in [-0.2, -0.15) is 0 Å². The predicted octanol–water partition coefficient (Wildman–Crippen LogP) is 3.58. The highest BCUT2D eigenvalue weighted by Crippen LogP contribution is 2.30. The first-order valence-electron chi connectivity index (χ1n) is 5.44. The van der Waals surface area contributed by atoms with Crippen LogP contribution in [0.3, 0.4) is 0 Å². The molecule has 0 aliphatic rings. The molecule has 0 aromatic rings. The molecular formula is C11H27N. The summed E-state index contributed by atoms with van der Waals surface area (Å²) in [5, 5.41) is 0. The number of hydrogen-bond donors (Lipinski definition) is 1. The van der Waals surface area contributed by atoms with E-state index in [-0.39, 0.29) is 0 Å². The van der Waals surface area contributed by atoms with Crippen LogP contribution in [0.25, 0.3) is 0 Å². The lowest BCUT2D eigenvalue weighted by Gasteiger charge is -2.29. The maximum Gasteiger partial charge on any atom is -0.00207 e. The Kier molecular flexibility index (Phi) is 10.9. The minimum Gasteiger partial charge on any atom is -0.330 e. The second-order valence-corrected chi connectivity index (χ2v) is 3.16. The first-order chi connectivity index (χ1) is 5.74. The monoisotopic (exact) mass is 173 g/mol. The lowest BCUT2D eigenvalue weighted by molar-refractivity contribution is 0.248. The lowest BCUT2D eigenvalue weighted by atomic mass is 9.78. The van der Waals surface area contributed by atoms with Crippen LogP contribution in [-0.4, -0.2) is 6.54 Å². The van der Waals surface area contributed by atoms with E-state index in [0.29, 0.717) is 5.41 Å². The average Bonchev–Trinajstić information content (AvgIpc) is 2.18. The van der Waals surface area contributed by atoms with E-state index >= 15 is 0 Å². The van der Waals surface area contributed by atoms with Gasteiger partial charge >= 0.3 is 0 Å². The fourth-order valence-electron chi connectivity index (χ4n) is 1.52. The summed E-state index contributed by atoms with van der Waals surface area (Å²) in [6.45, 7) is 11.6. The van der Waals surface area contributed by atoms with Gasteiger partial charge in [-0.05, 0) is 31.2 Å². The summed E-state index contributed by atoms with van der Waals surface area (Å²) < 4.78 is 0. The smallest absolute Gasteiger partial charge is 0.00207 e. The second-order valence-electron chi connectivity index (χ2n) is 3.16. The molecule has 0 aliphatic heterocycles. The molecule has 0 bridgehead atoms. The van der Waals surface area contributed by atoms with Gasteiger partial charge in [0.1, 0.15) is 0 Å². The van der Waals surface area contributed by atoms with Crippen LogP contribution >= 0.6 is 0 Å². The van der Waals surface area contributed by atoms with Crippen molar-refractivity contribution in [2.75, 3.05) is 6.54 Å². The van der Waals surface area contributed by atoms with Crippen LogP contribution in [0.1, 0.15) is 60.3 Å². The van der Waals surface area contributed by atoms with E-state index in [0.717, 1.165) is 6.54 Å². The Morgan fingerprint density at radius 3 is 1.50 bits per heavy atom. The van der Waals surface area contributed by atoms with Crippen LogP contribution in [0.2, 0.25) is 0 Å². The van der Waals surface area contributed by atoms with Crippen molar-refractivity contribution in [3.63, 3.8) is 0 Å². The molecule has 0 amide bonds. The first-order valence-corrected chi connectivity index (χ1v) is 5.44. The van der Waals surface area contributed by atoms with Crippen LogP contribution in [-0.2, 0) is 0 Å². The fourth-order valence-corrected chi connectivity index (χ4v) is 1.52. The number of rotatable bonds is 5. The van der Waals surface area contributed by atoms with Crippen LogP contribution in [0.4, 0.5) is 0 Å². The molecule has 76 valence electrons. The van der Waals surface area contributed by atoms with Gasteiger partial charge in [0.15, 0.2) is 0 Å². The van der Waals surface area contributed by atoms with E-state index in [9.17, 15) is 0 Å². The molecule has 0 radical (unpaired) electrons. The Morgan fingerprint density at radius 2 is 1.42 bits per heavy atom. The molecule has 0 saturated heterocycles. The molecule has 1 nitrogen and oxygen atoms in total. The molecule has 2 N–H and O–H groups in total. The van der Waals surface area contributed by atoms with Crippen molar-refractivity contribution in [1.29, 1.82) is 0 Å². The topological polar surface area (TPSA) is 26.0 Å². The summed E-state index contributed by atoms with van der Waals surface area (Å²) in [7, 11) is 0. The predicted molar refractivity (Wildman–Crippen MR) is 58.3 cm³/mol. The van der Waals surface area contributed by atoms with Crippen LogP contribution in [0.5, 0.6) is 0 Å². The minimum atomic E-state index is 0.453. The van der Waals surface area contributed by atoms with Crippen molar-refractivity contribution in [2.45, 2.75) is 60.3 Å². The number of hydrogen-bond acceptors (Lipinski definition) is 1. The minimum absolute atomic E-state index is 0.453. The third kappa shape index (κ3) is 4.76. The fraction of sp³-hybridized carbons (Fsp3) is 1.00. The van der Waals surface area contributed by atoms with Crippen molar-refractivity contribution >= 4 is 0 Å². The van der Waals surface area contributed by atoms with Gasteiger partial charge in [-0.15, -0.1) is 0 Å². The Balaban J connectivity index is 0. The zero-order valence-electron chi connectivity index (χ0n) is 9.61. The van der Waals surface area contributed by atoms with Crippen LogP contribution < -0.4 is 5.73 Å². The zero-order valence-corrected chi connectivity index (χ0v) is 9.61. The average molecular weight is 173 g/mol. The number of nitrogens with two attached hydrogens (primary N) is 1. The molecule has 0 aromatic carbocycles. The Morgan fingerprint density at radius 1 is 1.00 bits per heavy atom. The molecule has 12 heavy (non-hydrogen) atoms. The highest BCUT2D eigenvalue weighted by molar-refractivity contribution is 4.76. The van der Waals surface area contributed by atoms with E-state index in [1.807, 2.05) is 13.8 Å². The molecular weight excluding hydrogens is 146 g/mol. The zero-order chi connectivity index (χ0) is 10.0. The highest BCUT2D eigenvalue weighted by Gasteiger charge is 2.22. The van der Waals surface area contributed by atoms with Crippen molar-refractivity contribution in [2.24, 2.45) is 11.1 Å². The Bertz CT molecular complexity index is 66.8. The van der Waals surface area contributed by atoms with Gasteiger partial charge in [-0.25, -0.2) is 0 Å². The van der Waals surface area contributed by atoms with E-state index in [1.165, 1.54) is 25.7 Å². The van der Waals surface area contributed by atoms with Gasteiger partial charge in [0.25, 0.3) is 0 Å². The summed E-state index contributed by atoms with van der Waals surface area (Å²) in [6, 6.07) is 0. The van der Waals surface area contributed by atoms with E-state index in [2.05, 4.69) is 20.8 Å². The molecule has 0 saturated carbocycles. The quantitative estimate of drug-likeness (QED) is 0.675. The van der Waals surface area contributed by atoms with Gasteiger partial charge in [-0.1, -0.05) is 41.0 Å². The molecule has 0 heterocycles. The molecule has 0 aliphatic carbocycles. The van der Waals surface area contributed by atoms with E-state index in [4.69, 9.17) is 5.73 Å². The third-order valence-corrected chi connectivity index (χ3v) is 2.71. The first kappa shape index (κ1) is 14.5. The largest absolute Gasteiger partial charge is 0.330 e. The molecule has 0 spiro atoms. The molecule has 0 aromatic heterocycles. The molecule has 0 rings (SSSR count).